The summed E-state index contributed by atoms with van der Waals surface area (Å²) in [5.41, 5.74) is 8.10. The Bertz CT molecular complexity index is 1300. The number of aldehydes is 1. The Labute approximate surface area is 205 Å². The number of halogens is 1. The zero-order valence-corrected chi connectivity index (χ0v) is 20.3. The van der Waals surface area contributed by atoms with Crippen molar-refractivity contribution < 1.29 is 24.2 Å². The summed E-state index contributed by atoms with van der Waals surface area (Å²) in [5.74, 6) is -1.27. The van der Waals surface area contributed by atoms with Gasteiger partial charge in [-0.25, -0.2) is 9.74 Å². The molecule has 0 saturated carbocycles. The monoisotopic (exact) mass is 496 g/mol. The number of nitrogens with zero attached hydrogens (tertiary/aromatic N) is 1. The first kappa shape index (κ1) is 25.6. The number of carbonyl (C=O) groups is 2. The van der Waals surface area contributed by atoms with E-state index in [2.05, 4.69) is 39.0 Å². The molecule has 0 spiro atoms. The molecule has 0 fully saturated rings. The van der Waals surface area contributed by atoms with Gasteiger partial charge in [0.2, 0.25) is 0 Å². The van der Waals surface area contributed by atoms with Crippen LogP contribution in [0.15, 0.2) is 47.6 Å². The van der Waals surface area contributed by atoms with Crippen LogP contribution in [0, 0.1) is 12.3 Å². The number of rotatable bonds is 7. The zero-order chi connectivity index (χ0) is 25.5. The number of thiophene rings is 1. The summed E-state index contributed by atoms with van der Waals surface area (Å²) >= 11 is 0.956. The summed E-state index contributed by atoms with van der Waals surface area (Å²) in [6.07, 6.45) is 2.97. The molecule has 0 aliphatic heterocycles. The maximum absolute atomic E-state index is 12.0. The second kappa shape index (κ2) is 11.4. The number of carbonyl (C=O) groups excluding carboxylic acids is 2. The Kier molecular flexibility index (Phi) is 8.32. The molecule has 10 heteroatoms. The van der Waals surface area contributed by atoms with Crippen LogP contribution in [-0.4, -0.2) is 35.8 Å². The third-order valence-corrected chi connectivity index (χ3v) is 6.45. The van der Waals surface area contributed by atoms with E-state index in [1.165, 1.54) is 42.6 Å². The van der Waals surface area contributed by atoms with Gasteiger partial charge >= 0.3 is 5.97 Å². The normalized spacial score (nSPS) is 11.8. The van der Waals surface area contributed by atoms with E-state index in [0.29, 0.717) is 16.7 Å². The molecule has 1 aliphatic rings. The van der Waals surface area contributed by atoms with E-state index >= 15 is 0 Å². The predicted molar refractivity (Wildman–Crippen MR) is 137 cm³/mol. The molecule has 1 heterocycles. The van der Waals surface area contributed by atoms with Gasteiger partial charge in [-0.3, -0.25) is 10.2 Å². The standard InChI is InChI=1S/C16H14FN3O4S.C9H11N/c1-8-5-10(13-3-4-14(25-13)16(23)24-17)15(22)11(6-8)19-20-12(7-21)9(2)18;1-10-9-5-4-7-2-3-8(7)6-9/h3-7,18-19,22H,1-2H3;4-6,10H,2-3H2,1H3/b18-9?,20-12+;. The number of nitrogens with one attached hydrogen (secondary N) is 3. The molecule has 3 aromatic rings. The lowest BCUT2D eigenvalue weighted by atomic mass is 9.88. The van der Waals surface area contributed by atoms with Gasteiger partial charge in [0.1, 0.15) is 16.3 Å². The van der Waals surface area contributed by atoms with Gasteiger partial charge in [-0.05, 0) is 79.8 Å². The Morgan fingerprint density at radius 3 is 2.51 bits per heavy atom. The Balaban J connectivity index is 0.000000281. The Morgan fingerprint density at radius 1 is 1.20 bits per heavy atom. The number of hydrazone groups is 1. The highest BCUT2D eigenvalue weighted by atomic mass is 32.1. The molecular weight excluding hydrogens is 471 g/mol. The third-order valence-electron chi connectivity index (χ3n) is 5.35. The van der Waals surface area contributed by atoms with Crippen molar-refractivity contribution in [1.82, 2.24) is 0 Å². The van der Waals surface area contributed by atoms with Gasteiger partial charge in [0.15, 0.2) is 6.29 Å². The van der Waals surface area contributed by atoms with E-state index in [1.807, 2.05) is 7.05 Å². The molecule has 0 saturated heterocycles. The number of anilines is 2. The second-order valence-electron chi connectivity index (χ2n) is 7.82. The lowest BCUT2D eigenvalue weighted by Crippen LogP contribution is -2.12. The number of hydrogen-bond acceptors (Lipinski definition) is 9. The van der Waals surface area contributed by atoms with E-state index < -0.39 is 5.97 Å². The molecule has 4 rings (SSSR count). The van der Waals surface area contributed by atoms with Crippen LogP contribution in [0.25, 0.3) is 10.4 Å². The van der Waals surface area contributed by atoms with E-state index in [1.54, 1.807) is 25.1 Å². The zero-order valence-electron chi connectivity index (χ0n) is 19.4. The Morgan fingerprint density at radius 2 is 1.94 bits per heavy atom. The minimum absolute atomic E-state index is 0.0255. The van der Waals surface area contributed by atoms with E-state index in [4.69, 9.17) is 5.41 Å². The van der Waals surface area contributed by atoms with Gasteiger partial charge < -0.3 is 15.8 Å². The van der Waals surface area contributed by atoms with Crippen molar-refractivity contribution in [2.45, 2.75) is 26.7 Å². The first-order valence-electron chi connectivity index (χ1n) is 10.7. The minimum Gasteiger partial charge on any atom is -0.505 e. The fourth-order valence-electron chi connectivity index (χ4n) is 3.35. The van der Waals surface area contributed by atoms with Crippen LogP contribution < -0.4 is 10.7 Å². The Hall–Kier alpha value is -4.05. The maximum Gasteiger partial charge on any atom is 0.389 e. The number of aromatic hydroxyl groups is 1. The number of fused-ring (bicyclic) bond motifs is 1. The van der Waals surface area contributed by atoms with Gasteiger partial charge in [0, 0.05) is 27.7 Å². The summed E-state index contributed by atoms with van der Waals surface area (Å²) in [6.45, 7) is 3.19. The van der Waals surface area contributed by atoms with Crippen LogP contribution >= 0.6 is 11.3 Å². The fourth-order valence-corrected chi connectivity index (χ4v) is 4.24. The summed E-state index contributed by atoms with van der Waals surface area (Å²) < 4.78 is 12.0. The highest BCUT2D eigenvalue weighted by Gasteiger charge is 2.17. The average Bonchev–Trinajstić information content (AvgIpc) is 3.32. The molecule has 0 radical (unpaired) electrons. The van der Waals surface area contributed by atoms with Crippen LogP contribution in [0.5, 0.6) is 5.75 Å². The van der Waals surface area contributed by atoms with Crippen molar-refractivity contribution in [2.24, 2.45) is 5.10 Å². The van der Waals surface area contributed by atoms with Crippen LogP contribution in [0.1, 0.15) is 33.3 Å². The molecule has 1 aliphatic carbocycles. The van der Waals surface area contributed by atoms with Gasteiger partial charge in [0.25, 0.3) is 0 Å². The summed E-state index contributed by atoms with van der Waals surface area (Å²) in [5, 5.41) is 24.8. The van der Waals surface area contributed by atoms with E-state index in [0.717, 1.165) is 16.9 Å². The number of benzene rings is 2. The van der Waals surface area contributed by atoms with Gasteiger partial charge in [-0.2, -0.15) is 5.10 Å². The molecule has 1 aromatic heterocycles. The molecular formula is C25H25FN4O4S. The smallest absolute Gasteiger partial charge is 0.389 e. The van der Waals surface area contributed by atoms with Crippen LogP contribution in [0.4, 0.5) is 15.9 Å². The van der Waals surface area contributed by atoms with Crippen molar-refractivity contribution in [3.63, 3.8) is 0 Å². The molecule has 4 N–H and O–H groups in total. The predicted octanol–water partition coefficient (Wildman–Crippen LogP) is 5.30. The molecule has 8 nitrogen and oxygen atoms in total. The summed E-state index contributed by atoms with van der Waals surface area (Å²) in [4.78, 5) is 25.8. The number of hydrogen-bond donors (Lipinski definition) is 4. The van der Waals surface area contributed by atoms with Gasteiger partial charge in [-0.1, -0.05) is 6.07 Å². The third kappa shape index (κ3) is 6.10. The fraction of sp³-hybridized carbons (Fsp3) is 0.200. The maximum atomic E-state index is 12.0. The average molecular weight is 497 g/mol. The lowest BCUT2D eigenvalue weighted by Gasteiger charge is -2.18. The van der Waals surface area contributed by atoms with Gasteiger partial charge in [-0.15, -0.1) is 11.3 Å². The minimum atomic E-state index is -1.11. The largest absolute Gasteiger partial charge is 0.505 e. The molecule has 2 aromatic carbocycles. The second-order valence-corrected chi connectivity index (χ2v) is 8.91. The molecule has 0 atom stereocenters. The number of phenolic OH excluding ortho intramolecular Hbond substituents is 1. The van der Waals surface area contributed by atoms with E-state index in [9.17, 15) is 19.2 Å². The van der Waals surface area contributed by atoms with Crippen molar-refractivity contribution in [3.05, 3.63) is 64.0 Å². The number of phenols is 1. The first-order valence-corrected chi connectivity index (χ1v) is 11.5. The van der Waals surface area contributed by atoms with Crippen molar-refractivity contribution >= 4 is 46.4 Å². The molecule has 0 amide bonds. The summed E-state index contributed by atoms with van der Waals surface area (Å²) in [7, 11) is 1.96. The molecule has 182 valence electrons. The first-order chi connectivity index (χ1) is 16.8. The SMILES string of the molecule is CC(=N)/C(C=O)=N/Nc1cc(C)cc(-c2ccc(C(=O)OF)s2)c1O.CNc1ccc2c(c1)CC2. The number of aryl methyl sites for hydroxylation is 3. The quantitative estimate of drug-likeness (QED) is 0.152. The molecule has 0 unspecified atom stereocenters. The van der Waals surface area contributed by atoms with E-state index in [-0.39, 0.29) is 27.7 Å². The van der Waals surface area contributed by atoms with Crippen LogP contribution in [0.3, 0.4) is 0 Å². The van der Waals surface area contributed by atoms with Crippen molar-refractivity contribution in [1.29, 1.82) is 5.41 Å². The molecule has 35 heavy (non-hydrogen) atoms. The highest BCUT2D eigenvalue weighted by molar-refractivity contribution is 7.17. The van der Waals surface area contributed by atoms with Crippen LogP contribution in [-0.2, 0) is 22.6 Å². The topological polar surface area (TPSA) is 124 Å². The highest BCUT2D eigenvalue weighted by Crippen LogP contribution is 2.40. The lowest BCUT2D eigenvalue weighted by molar-refractivity contribution is -0.102. The molecule has 0 bridgehead atoms. The summed E-state index contributed by atoms with van der Waals surface area (Å²) in [6, 6.07) is 12.8. The van der Waals surface area contributed by atoms with Crippen LogP contribution in [0.2, 0.25) is 0 Å². The van der Waals surface area contributed by atoms with Gasteiger partial charge in [0.05, 0.1) is 11.4 Å². The van der Waals surface area contributed by atoms with Crippen molar-refractivity contribution in [3.8, 4) is 16.2 Å². The van der Waals surface area contributed by atoms with Crippen molar-refractivity contribution in [2.75, 3.05) is 17.8 Å².